The van der Waals surface area contributed by atoms with Crippen LogP contribution in [0.1, 0.15) is 34.7 Å². The van der Waals surface area contributed by atoms with Crippen LogP contribution in [0.4, 0.5) is 0 Å². The zero-order chi connectivity index (χ0) is 39.6. The Labute approximate surface area is 340 Å². The van der Waals surface area contributed by atoms with Gasteiger partial charge in [-0.15, -0.1) is 0 Å². The van der Waals surface area contributed by atoms with Crippen molar-refractivity contribution >= 4 is 0 Å². The summed E-state index contributed by atoms with van der Waals surface area (Å²) in [6, 6.07) is 50.1. The summed E-state index contributed by atoms with van der Waals surface area (Å²) < 4.78 is 67.2. The molecule has 0 radical (unpaired) electrons. The van der Waals surface area contributed by atoms with Crippen LogP contribution < -0.4 is 0 Å². The van der Waals surface area contributed by atoms with E-state index in [0.29, 0.717) is 26.4 Å². The van der Waals surface area contributed by atoms with Crippen LogP contribution in [0.25, 0.3) is 0 Å². The quantitative estimate of drug-likeness (QED) is 0.0988. The third-order valence-corrected chi connectivity index (χ3v) is 10.8. The number of hydrogen-bond acceptors (Lipinski definition) is 10. The highest BCUT2D eigenvalue weighted by Gasteiger charge is 2.64. The topological polar surface area (TPSA) is 92.3 Å². The van der Waals surface area contributed by atoms with Gasteiger partial charge in [-0.1, -0.05) is 152 Å². The maximum Gasteiger partial charge on any atom is 0.314 e. The molecule has 10 atom stereocenters. The molecule has 0 saturated carbocycles. The highest BCUT2D eigenvalue weighted by atomic mass is 16.9. The van der Waals surface area contributed by atoms with Crippen molar-refractivity contribution in [2.45, 2.75) is 101 Å². The van der Waals surface area contributed by atoms with Crippen molar-refractivity contribution in [3.05, 3.63) is 179 Å². The number of hydrogen-bond donors (Lipinski definition) is 0. The summed E-state index contributed by atoms with van der Waals surface area (Å²) in [5, 5.41) is 0. The molecule has 10 heteroatoms. The fourth-order valence-electron chi connectivity index (χ4n) is 7.81. The summed E-state index contributed by atoms with van der Waals surface area (Å²) in [6.45, 7) is 3.55. The van der Waals surface area contributed by atoms with Gasteiger partial charge in [-0.05, 0) is 34.7 Å². The van der Waals surface area contributed by atoms with E-state index < -0.39 is 61.1 Å². The number of benzene rings is 5. The first-order valence-corrected chi connectivity index (χ1v) is 20.0. The average molecular weight is 789 g/mol. The first-order valence-electron chi connectivity index (χ1n) is 20.0. The second-order valence-corrected chi connectivity index (χ2v) is 14.9. The molecule has 5 aromatic carbocycles. The predicted molar refractivity (Wildman–Crippen MR) is 215 cm³/mol. The maximum absolute atomic E-state index is 7.17. The minimum absolute atomic E-state index is 0.0972. The van der Waals surface area contributed by atoms with Crippen molar-refractivity contribution in [3.8, 4) is 0 Å². The molecule has 0 aliphatic carbocycles. The molecule has 1 spiro atoms. The van der Waals surface area contributed by atoms with E-state index in [2.05, 4.69) is 0 Å². The first kappa shape index (κ1) is 40.5. The molecule has 0 N–H and O–H groups in total. The Bertz CT molecular complexity index is 1940. The zero-order valence-electron chi connectivity index (χ0n) is 33.0. The third kappa shape index (κ3) is 9.76. The van der Waals surface area contributed by atoms with Crippen LogP contribution in [0, 0.1) is 0 Å². The molecule has 304 valence electrons. The van der Waals surface area contributed by atoms with Crippen molar-refractivity contribution in [1.29, 1.82) is 0 Å². The standard InChI is InChI=1S/C48H52O10/c1-34-41(50-28-35-18-8-3-9-19-35)44(52-30-37-22-12-5-13-23-37)46(54-32-39-26-16-7-17-27-39)48(57-34)55-33-40-42(58-48)43(51-29-36-20-10-4-11-21-36)45(47(49-2)56-40)53-31-38-24-14-6-15-25-38/h3-27,34,40-47H,28-33H2,1-2H3/t34-,40+,41+,42-,43-,44+,45+,46-,47-,48-/m0/s1. The molecular formula is C48H52O10. The molecule has 3 fully saturated rings. The van der Waals surface area contributed by atoms with Crippen LogP contribution in [-0.4, -0.2) is 74.8 Å². The van der Waals surface area contributed by atoms with Crippen molar-refractivity contribution in [3.63, 3.8) is 0 Å². The van der Waals surface area contributed by atoms with Crippen LogP contribution in [0.15, 0.2) is 152 Å². The zero-order valence-corrected chi connectivity index (χ0v) is 33.0. The SMILES string of the molecule is CO[C@H]1O[C@@H]2CO[C@]3(O[C@@H]2[C@H](OCc2ccccc2)[C@H]1OCc1ccccc1)O[C@@H](C)[C@@H](OCc1ccccc1)[C@@H](OCc1ccccc1)[C@@H]3OCc1ccccc1. The summed E-state index contributed by atoms with van der Waals surface area (Å²) in [4.78, 5) is 0. The van der Waals surface area contributed by atoms with Crippen molar-refractivity contribution in [2.75, 3.05) is 13.7 Å². The van der Waals surface area contributed by atoms with Gasteiger partial charge in [-0.3, -0.25) is 0 Å². The lowest BCUT2D eigenvalue weighted by molar-refractivity contribution is -0.515. The van der Waals surface area contributed by atoms with Gasteiger partial charge in [-0.2, -0.15) is 0 Å². The summed E-state index contributed by atoms with van der Waals surface area (Å²) in [5.41, 5.74) is 5.00. The second-order valence-electron chi connectivity index (χ2n) is 14.9. The normalized spacial score (nSPS) is 29.5. The van der Waals surface area contributed by atoms with E-state index in [-0.39, 0.29) is 13.2 Å². The Morgan fingerprint density at radius 2 is 0.879 bits per heavy atom. The summed E-state index contributed by atoms with van der Waals surface area (Å²) in [5.74, 6) is -1.75. The lowest BCUT2D eigenvalue weighted by Crippen LogP contribution is -2.74. The van der Waals surface area contributed by atoms with Crippen molar-refractivity contribution in [1.82, 2.24) is 0 Å². The van der Waals surface area contributed by atoms with E-state index in [1.54, 1.807) is 7.11 Å². The van der Waals surface area contributed by atoms with Crippen LogP contribution in [-0.2, 0) is 80.4 Å². The molecule has 0 amide bonds. The molecular weight excluding hydrogens is 737 g/mol. The molecule has 8 rings (SSSR count). The fourth-order valence-corrected chi connectivity index (χ4v) is 7.81. The smallest absolute Gasteiger partial charge is 0.314 e. The van der Waals surface area contributed by atoms with Crippen LogP contribution in [0.5, 0.6) is 0 Å². The first-order chi connectivity index (χ1) is 28.6. The molecule has 5 aromatic rings. The summed E-state index contributed by atoms with van der Waals surface area (Å²) in [7, 11) is 1.60. The Kier molecular flexibility index (Phi) is 13.7. The lowest BCUT2D eigenvalue weighted by atomic mass is 9.93. The average Bonchev–Trinajstić information content (AvgIpc) is 3.28. The second kappa shape index (κ2) is 19.6. The van der Waals surface area contributed by atoms with E-state index in [1.165, 1.54) is 0 Å². The van der Waals surface area contributed by atoms with Gasteiger partial charge in [0, 0.05) is 7.11 Å². The number of fused-ring (bicyclic) bond motifs is 1. The molecule has 3 saturated heterocycles. The van der Waals surface area contributed by atoms with Crippen molar-refractivity contribution in [2.24, 2.45) is 0 Å². The third-order valence-electron chi connectivity index (χ3n) is 10.8. The van der Waals surface area contributed by atoms with Gasteiger partial charge >= 0.3 is 5.97 Å². The molecule has 0 aromatic heterocycles. The van der Waals surface area contributed by atoms with Gasteiger partial charge in [0.05, 0.1) is 45.7 Å². The lowest BCUT2D eigenvalue weighted by Gasteiger charge is -2.57. The minimum atomic E-state index is -1.75. The van der Waals surface area contributed by atoms with Gasteiger partial charge in [0.2, 0.25) is 0 Å². The van der Waals surface area contributed by atoms with E-state index in [4.69, 9.17) is 47.4 Å². The molecule has 0 bridgehead atoms. The number of methoxy groups -OCH3 is 1. The van der Waals surface area contributed by atoms with Gasteiger partial charge in [0.1, 0.15) is 36.6 Å². The Balaban J connectivity index is 1.14. The molecule has 0 unspecified atom stereocenters. The van der Waals surface area contributed by atoms with E-state index in [9.17, 15) is 0 Å². The van der Waals surface area contributed by atoms with E-state index in [0.717, 1.165) is 27.8 Å². The number of rotatable bonds is 16. The minimum Gasteiger partial charge on any atom is -0.368 e. The molecule has 3 aliphatic rings. The van der Waals surface area contributed by atoms with E-state index >= 15 is 0 Å². The highest BCUT2D eigenvalue weighted by Crippen LogP contribution is 2.44. The van der Waals surface area contributed by atoms with Gasteiger partial charge < -0.3 is 47.4 Å². The number of ether oxygens (including phenoxy) is 10. The largest absolute Gasteiger partial charge is 0.368 e. The predicted octanol–water partition coefficient (Wildman–Crippen LogP) is 7.77. The van der Waals surface area contributed by atoms with Crippen LogP contribution in [0.2, 0.25) is 0 Å². The Hall–Kier alpha value is -4.30. The van der Waals surface area contributed by atoms with Gasteiger partial charge in [0.25, 0.3) is 0 Å². The molecule has 58 heavy (non-hydrogen) atoms. The van der Waals surface area contributed by atoms with Gasteiger partial charge in [-0.25, -0.2) is 0 Å². The summed E-state index contributed by atoms with van der Waals surface area (Å²) >= 11 is 0. The Morgan fingerprint density at radius 1 is 0.483 bits per heavy atom. The summed E-state index contributed by atoms with van der Waals surface area (Å²) in [6.07, 6.45) is -6.16. The van der Waals surface area contributed by atoms with Crippen molar-refractivity contribution < 1.29 is 47.4 Å². The van der Waals surface area contributed by atoms with E-state index in [1.807, 2.05) is 159 Å². The van der Waals surface area contributed by atoms with Crippen LogP contribution >= 0.6 is 0 Å². The van der Waals surface area contributed by atoms with Gasteiger partial charge in [0.15, 0.2) is 12.4 Å². The fraction of sp³-hybridized carbons (Fsp3) is 0.375. The molecule has 3 heterocycles. The highest BCUT2D eigenvalue weighted by molar-refractivity contribution is 5.18. The maximum atomic E-state index is 7.17. The molecule has 10 nitrogen and oxygen atoms in total. The monoisotopic (exact) mass is 788 g/mol. The molecule has 3 aliphatic heterocycles. The Morgan fingerprint density at radius 3 is 1.33 bits per heavy atom. The van der Waals surface area contributed by atoms with Crippen LogP contribution in [0.3, 0.4) is 0 Å².